The molecule has 0 unspecified atom stereocenters. The number of hydrogen-bond acceptors (Lipinski definition) is 5. The Morgan fingerprint density at radius 1 is 1.06 bits per heavy atom. The Bertz CT molecular complexity index is 1280. The van der Waals surface area contributed by atoms with Crippen LogP contribution in [0.15, 0.2) is 48.5 Å². The molecule has 1 aromatic heterocycles. The number of aryl methyl sites for hydroxylation is 1. The summed E-state index contributed by atoms with van der Waals surface area (Å²) in [5.74, 6) is -2.99. The van der Waals surface area contributed by atoms with Crippen LogP contribution in [0.4, 0.5) is 14.5 Å². The lowest BCUT2D eigenvalue weighted by Crippen LogP contribution is -2.38. The van der Waals surface area contributed by atoms with Gasteiger partial charge in [-0.25, -0.2) is 13.6 Å². The van der Waals surface area contributed by atoms with Crippen molar-refractivity contribution >= 4 is 34.8 Å². The van der Waals surface area contributed by atoms with Crippen molar-refractivity contribution in [2.45, 2.75) is 32.1 Å². The van der Waals surface area contributed by atoms with E-state index in [1.165, 1.54) is 24.5 Å². The molecule has 3 aromatic rings. The summed E-state index contributed by atoms with van der Waals surface area (Å²) in [5, 5.41) is 2.86. The van der Waals surface area contributed by atoms with Crippen LogP contribution in [-0.4, -0.2) is 42.9 Å². The number of methoxy groups -OCH3 is 1. The molecule has 0 saturated carbocycles. The summed E-state index contributed by atoms with van der Waals surface area (Å²) in [5.41, 5.74) is 2.03. The van der Waals surface area contributed by atoms with E-state index in [-0.39, 0.29) is 23.8 Å². The van der Waals surface area contributed by atoms with Crippen molar-refractivity contribution in [1.82, 2.24) is 4.90 Å². The summed E-state index contributed by atoms with van der Waals surface area (Å²) in [6, 6.07) is 13.4. The molecule has 2 amide bonds. The number of esters is 1. The first kappa shape index (κ1) is 25.5. The molecule has 9 heteroatoms. The van der Waals surface area contributed by atoms with Gasteiger partial charge < -0.3 is 15.0 Å². The number of carbonyl (C=O) groups is 3. The summed E-state index contributed by atoms with van der Waals surface area (Å²) >= 11 is 1.23. The quantitative estimate of drug-likeness (QED) is 0.454. The summed E-state index contributed by atoms with van der Waals surface area (Å²) in [6.45, 7) is 2.53. The first-order chi connectivity index (χ1) is 17.2. The molecule has 36 heavy (non-hydrogen) atoms. The van der Waals surface area contributed by atoms with Crippen LogP contribution < -0.4 is 5.32 Å². The monoisotopic (exact) mass is 512 g/mol. The highest BCUT2D eigenvalue weighted by Crippen LogP contribution is 2.30. The van der Waals surface area contributed by atoms with Gasteiger partial charge in [-0.2, -0.15) is 0 Å². The second-order valence-corrected chi connectivity index (χ2v) is 9.95. The van der Waals surface area contributed by atoms with E-state index in [2.05, 4.69) is 10.1 Å². The van der Waals surface area contributed by atoms with Crippen molar-refractivity contribution in [3.63, 3.8) is 0 Å². The Kier molecular flexibility index (Phi) is 7.79. The number of piperidine rings is 1. The van der Waals surface area contributed by atoms with Crippen LogP contribution in [0.2, 0.25) is 0 Å². The Hall–Kier alpha value is -3.59. The number of carbonyl (C=O) groups excluding carboxylic acids is 3. The molecule has 1 N–H and O–H groups in total. The summed E-state index contributed by atoms with van der Waals surface area (Å²) < 4.78 is 32.6. The van der Waals surface area contributed by atoms with Crippen molar-refractivity contribution in [3.8, 4) is 0 Å². The Balaban J connectivity index is 1.30. The third-order valence-electron chi connectivity index (χ3n) is 6.23. The van der Waals surface area contributed by atoms with Gasteiger partial charge in [-0.1, -0.05) is 12.1 Å². The Labute approximate surface area is 211 Å². The van der Waals surface area contributed by atoms with E-state index in [1.54, 1.807) is 24.0 Å². The fourth-order valence-electron chi connectivity index (χ4n) is 4.35. The van der Waals surface area contributed by atoms with Crippen LogP contribution in [-0.2, 0) is 16.0 Å². The lowest BCUT2D eigenvalue weighted by molar-refractivity contribution is -0.115. The first-order valence-corrected chi connectivity index (χ1v) is 12.4. The highest BCUT2D eigenvalue weighted by atomic mass is 32.1. The number of halogens is 2. The van der Waals surface area contributed by atoms with Crippen LogP contribution in [0.1, 0.15) is 54.8 Å². The van der Waals surface area contributed by atoms with Crippen molar-refractivity contribution in [2.75, 3.05) is 25.5 Å². The van der Waals surface area contributed by atoms with Gasteiger partial charge >= 0.3 is 5.97 Å². The van der Waals surface area contributed by atoms with Crippen molar-refractivity contribution in [2.24, 2.45) is 0 Å². The molecule has 0 spiro atoms. The number of likely N-dealkylation sites (tertiary alicyclic amines) is 1. The third-order valence-corrected chi connectivity index (χ3v) is 7.30. The zero-order valence-electron chi connectivity index (χ0n) is 20.0. The number of thiophene rings is 1. The molecule has 2 heterocycles. The zero-order valence-corrected chi connectivity index (χ0v) is 20.8. The molecule has 1 fully saturated rings. The maximum atomic E-state index is 14.2. The predicted molar refractivity (Wildman–Crippen MR) is 133 cm³/mol. The minimum Gasteiger partial charge on any atom is -0.465 e. The normalized spacial score (nSPS) is 13.9. The average Bonchev–Trinajstić information content (AvgIpc) is 3.34. The van der Waals surface area contributed by atoms with E-state index in [1.807, 2.05) is 24.3 Å². The van der Waals surface area contributed by atoms with E-state index < -0.39 is 23.5 Å². The van der Waals surface area contributed by atoms with E-state index in [4.69, 9.17) is 0 Å². The minimum absolute atomic E-state index is 0.154. The lowest BCUT2D eigenvalue weighted by Gasteiger charge is -2.32. The SMILES string of the molecule is COC(=O)c1ccc(CC(=O)Nc2ccc(C3CCN(C(=O)c4cc(C)cc(F)c4F)CC3)cc2)s1. The topological polar surface area (TPSA) is 75.7 Å². The molecule has 0 atom stereocenters. The molecule has 1 saturated heterocycles. The fourth-order valence-corrected chi connectivity index (χ4v) is 5.28. The molecule has 0 bridgehead atoms. The van der Waals surface area contributed by atoms with Crippen LogP contribution in [0.5, 0.6) is 0 Å². The number of nitrogens with one attached hydrogen (secondary N) is 1. The maximum absolute atomic E-state index is 14.2. The second kappa shape index (κ2) is 11.0. The van der Waals surface area contributed by atoms with Crippen molar-refractivity contribution in [3.05, 3.63) is 86.6 Å². The summed E-state index contributed by atoms with van der Waals surface area (Å²) in [4.78, 5) is 39.5. The maximum Gasteiger partial charge on any atom is 0.348 e. The third kappa shape index (κ3) is 5.79. The summed E-state index contributed by atoms with van der Waals surface area (Å²) in [7, 11) is 1.32. The second-order valence-electron chi connectivity index (χ2n) is 8.78. The number of benzene rings is 2. The molecule has 188 valence electrons. The number of amides is 2. The van der Waals surface area contributed by atoms with Gasteiger partial charge in [-0.05, 0) is 73.2 Å². The minimum atomic E-state index is -1.10. The van der Waals surface area contributed by atoms with Gasteiger partial charge in [0.25, 0.3) is 5.91 Å². The van der Waals surface area contributed by atoms with Gasteiger partial charge in [0.05, 0.1) is 19.1 Å². The van der Waals surface area contributed by atoms with Gasteiger partial charge in [0.15, 0.2) is 11.6 Å². The fraction of sp³-hybridized carbons (Fsp3) is 0.296. The van der Waals surface area contributed by atoms with Gasteiger partial charge in [-0.3, -0.25) is 9.59 Å². The summed E-state index contributed by atoms with van der Waals surface area (Å²) in [6.07, 6.45) is 1.56. The Morgan fingerprint density at radius 3 is 2.42 bits per heavy atom. The van der Waals surface area contributed by atoms with Crippen molar-refractivity contribution < 1.29 is 27.9 Å². The highest BCUT2D eigenvalue weighted by Gasteiger charge is 2.27. The van der Waals surface area contributed by atoms with Gasteiger partial charge in [-0.15, -0.1) is 11.3 Å². The predicted octanol–water partition coefficient (Wildman–Crippen LogP) is 5.32. The molecule has 1 aliphatic heterocycles. The number of nitrogens with zero attached hydrogens (tertiary/aromatic N) is 1. The largest absolute Gasteiger partial charge is 0.465 e. The number of hydrogen-bond donors (Lipinski definition) is 1. The smallest absolute Gasteiger partial charge is 0.348 e. The number of anilines is 1. The van der Waals surface area contributed by atoms with Crippen LogP contribution in [0, 0.1) is 18.6 Å². The first-order valence-electron chi connectivity index (χ1n) is 11.6. The van der Waals surface area contributed by atoms with Crippen LogP contribution in [0.3, 0.4) is 0 Å². The van der Waals surface area contributed by atoms with E-state index in [9.17, 15) is 23.2 Å². The highest BCUT2D eigenvalue weighted by molar-refractivity contribution is 7.14. The molecule has 0 aliphatic carbocycles. The van der Waals surface area contributed by atoms with E-state index in [0.29, 0.717) is 42.1 Å². The number of rotatable bonds is 6. The molecule has 0 radical (unpaired) electrons. The van der Waals surface area contributed by atoms with E-state index in [0.717, 1.165) is 16.5 Å². The molecular formula is C27H26F2N2O4S. The van der Waals surface area contributed by atoms with Crippen LogP contribution >= 0.6 is 11.3 Å². The molecule has 2 aromatic carbocycles. The number of ether oxygens (including phenoxy) is 1. The molecular weight excluding hydrogens is 486 g/mol. The van der Waals surface area contributed by atoms with Crippen molar-refractivity contribution in [1.29, 1.82) is 0 Å². The zero-order chi connectivity index (χ0) is 25.8. The Morgan fingerprint density at radius 2 is 1.75 bits per heavy atom. The molecule has 1 aliphatic rings. The standard InChI is InChI=1S/C27H26F2N2O4S/c1-16-13-21(25(29)22(28)14-16)26(33)31-11-9-18(10-12-31)17-3-5-19(6-4-17)30-24(32)15-20-7-8-23(36-20)27(34)35-2/h3-8,13-14,18H,9-12,15H2,1-2H3,(H,30,32). The van der Waals surface area contributed by atoms with Crippen LogP contribution in [0.25, 0.3) is 0 Å². The molecule has 6 nitrogen and oxygen atoms in total. The van der Waals surface area contributed by atoms with Gasteiger partial charge in [0.1, 0.15) is 4.88 Å². The van der Waals surface area contributed by atoms with Gasteiger partial charge in [0, 0.05) is 23.7 Å². The average molecular weight is 513 g/mol. The van der Waals surface area contributed by atoms with Gasteiger partial charge in [0.2, 0.25) is 5.91 Å². The van der Waals surface area contributed by atoms with E-state index >= 15 is 0 Å². The molecule has 4 rings (SSSR count). The lowest BCUT2D eigenvalue weighted by atomic mass is 9.89.